The van der Waals surface area contributed by atoms with Gasteiger partial charge in [0.15, 0.2) is 0 Å². The lowest BCUT2D eigenvalue weighted by Crippen LogP contribution is -2.48. The standard InChI is InChI=1S/C11H17N3O2/c1-7-6-14(4-3-10(7)12)11(15)9-5-13-16-8(9)2/h5,7,10H,3-4,6,12H2,1-2H3. The number of amides is 1. The van der Waals surface area contributed by atoms with E-state index in [1.165, 1.54) is 6.20 Å². The Morgan fingerprint density at radius 1 is 1.69 bits per heavy atom. The van der Waals surface area contributed by atoms with Crippen LogP contribution in [0.15, 0.2) is 10.7 Å². The lowest BCUT2D eigenvalue weighted by Gasteiger charge is -2.34. The van der Waals surface area contributed by atoms with E-state index in [1.54, 1.807) is 6.92 Å². The van der Waals surface area contributed by atoms with Gasteiger partial charge in [-0.2, -0.15) is 0 Å². The van der Waals surface area contributed by atoms with Gasteiger partial charge in [0.25, 0.3) is 5.91 Å². The van der Waals surface area contributed by atoms with Gasteiger partial charge >= 0.3 is 0 Å². The van der Waals surface area contributed by atoms with E-state index < -0.39 is 0 Å². The summed E-state index contributed by atoms with van der Waals surface area (Å²) in [5.41, 5.74) is 6.48. The summed E-state index contributed by atoms with van der Waals surface area (Å²) < 4.78 is 4.90. The largest absolute Gasteiger partial charge is 0.361 e. The Kier molecular flexibility index (Phi) is 2.96. The third kappa shape index (κ3) is 1.95. The first kappa shape index (κ1) is 11.1. The SMILES string of the molecule is Cc1oncc1C(=O)N1CCC(N)C(C)C1. The highest BCUT2D eigenvalue weighted by Gasteiger charge is 2.28. The van der Waals surface area contributed by atoms with Gasteiger partial charge in [0.2, 0.25) is 0 Å². The Morgan fingerprint density at radius 3 is 3.00 bits per heavy atom. The molecule has 0 spiro atoms. The molecule has 16 heavy (non-hydrogen) atoms. The average molecular weight is 223 g/mol. The fraction of sp³-hybridized carbons (Fsp3) is 0.636. The first-order chi connectivity index (χ1) is 7.59. The zero-order valence-electron chi connectivity index (χ0n) is 9.64. The molecule has 1 saturated heterocycles. The first-order valence-corrected chi connectivity index (χ1v) is 5.55. The van der Waals surface area contributed by atoms with Crippen molar-refractivity contribution in [2.75, 3.05) is 13.1 Å². The summed E-state index contributed by atoms with van der Waals surface area (Å²) in [5, 5.41) is 3.62. The third-order valence-electron chi connectivity index (χ3n) is 3.24. The highest BCUT2D eigenvalue weighted by Crippen LogP contribution is 2.18. The maximum atomic E-state index is 12.1. The van der Waals surface area contributed by atoms with E-state index in [9.17, 15) is 4.79 Å². The maximum absolute atomic E-state index is 12.1. The van der Waals surface area contributed by atoms with E-state index in [0.717, 1.165) is 13.0 Å². The molecule has 2 unspecified atom stereocenters. The molecule has 2 rings (SSSR count). The van der Waals surface area contributed by atoms with Crippen LogP contribution in [0, 0.1) is 12.8 Å². The predicted molar refractivity (Wildman–Crippen MR) is 58.9 cm³/mol. The normalized spacial score (nSPS) is 25.8. The van der Waals surface area contributed by atoms with Crippen molar-refractivity contribution in [3.63, 3.8) is 0 Å². The number of rotatable bonds is 1. The predicted octanol–water partition coefficient (Wildman–Crippen LogP) is 0.792. The smallest absolute Gasteiger partial charge is 0.259 e. The second kappa shape index (κ2) is 4.25. The van der Waals surface area contributed by atoms with Gasteiger partial charge < -0.3 is 15.2 Å². The summed E-state index contributed by atoms with van der Waals surface area (Å²) >= 11 is 0. The molecule has 1 aromatic rings. The van der Waals surface area contributed by atoms with Crippen molar-refractivity contribution in [1.29, 1.82) is 0 Å². The minimum Gasteiger partial charge on any atom is -0.361 e. The fourth-order valence-corrected chi connectivity index (χ4v) is 2.02. The summed E-state index contributed by atoms with van der Waals surface area (Å²) in [6, 6.07) is 0.202. The number of aryl methyl sites for hydroxylation is 1. The Labute approximate surface area is 94.6 Å². The molecule has 5 heteroatoms. The van der Waals surface area contributed by atoms with Crippen LogP contribution in [0.4, 0.5) is 0 Å². The first-order valence-electron chi connectivity index (χ1n) is 5.55. The van der Waals surface area contributed by atoms with Gasteiger partial charge in [-0.25, -0.2) is 0 Å². The number of carbonyl (C=O) groups is 1. The lowest BCUT2D eigenvalue weighted by molar-refractivity contribution is 0.0662. The van der Waals surface area contributed by atoms with Crippen LogP contribution in [0.1, 0.15) is 29.5 Å². The molecule has 1 aromatic heterocycles. The Bertz CT molecular complexity index is 388. The zero-order valence-corrected chi connectivity index (χ0v) is 9.64. The average Bonchev–Trinajstić information content (AvgIpc) is 2.67. The Hall–Kier alpha value is -1.36. The molecular weight excluding hydrogens is 206 g/mol. The molecule has 1 aliphatic heterocycles. The topological polar surface area (TPSA) is 72.4 Å². The van der Waals surface area contributed by atoms with E-state index >= 15 is 0 Å². The number of piperidine rings is 1. The summed E-state index contributed by atoms with van der Waals surface area (Å²) in [7, 11) is 0. The van der Waals surface area contributed by atoms with Gasteiger partial charge in [0, 0.05) is 19.1 Å². The van der Waals surface area contributed by atoms with Gasteiger partial charge in [0.1, 0.15) is 11.3 Å². The molecule has 1 amide bonds. The van der Waals surface area contributed by atoms with Gasteiger partial charge in [-0.05, 0) is 19.3 Å². The van der Waals surface area contributed by atoms with E-state index in [-0.39, 0.29) is 11.9 Å². The summed E-state index contributed by atoms with van der Waals surface area (Å²) in [6.45, 7) is 5.25. The summed E-state index contributed by atoms with van der Waals surface area (Å²) in [4.78, 5) is 13.9. The molecule has 0 aromatic carbocycles. The van der Waals surface area contributed by atoms with Crippen LogP contribution in [-0.4, -0.2) is 35.1 Å². The Balaban J connectivity index is 2.09. The number of aromatic nitrogens is 1. The van der Waals surface area contributed by atoms with Crippen LogP contribution in [0.25, 0.3) is 0 Å². The number of hydrogen-bond acceptors (Lipinski definition) is 4. The van der Waals surface area contributed by atoms with Gasteiger partial charge in [0.05, 0.1) is 6.20 Å². The molecular formula is C11H17N3O2. The number of nitrogens with two attached hydrogens (primary N) is 1. The molecule has 1 fully saturated rings. The lowest BCUT2D eigenvalue weighted by atomic mass is 9.94. The molecule has 5 nitrogen and oxygen atoms in total. The van der Waals surface area contributed by atoms with Crippen molar-refractivity contribution in [3.8, 4) is 0 Å². The van der Waals surface area contributed by atoms with Crippen LogP contribution in [0.5, 0.6) is 0 Å². The number of carbonyl (C=O) groups excluding carboxylic acids is 1. The maximum Gasteiger partial charge on any atom is 0.259 e. The van der Waals surface area contributed by atoms with E-state index in [2.05, 4.69) is 12.1 Å². The third-order valence-corrected chi connectivity index (χ3v) is 3.24. The van der Waals surface area contributed by atoms with E-state index in [1.807, 2.05) is 4.90 Å². The molecule has 0 saturated carbocycles. The molecule has 0 radical (unpaired) electrons. The number of likely N-dealkylation sites (tertiary alicyclic amines) is 1. The van der Waals surface area contributed by atoms with Crippen LogP contribution >= 0.6 is 0 Å². The minimum absolute atomic E-state index is 0.00231. The van der Waals surface area contributed by atoms with Gasteiger partial charge in [-0.15, -0.1) is 0 Å². The number of hydrogen-bond donors (Lipinski definition) is 1. The molecule has 2 atom stereocenters. The van der Waals surface area contributed by atoms with Crippen molar-refractivity contribution >= 4 is 5.91 Å². The van der Waals surface area contributed by atoms with Crippen LogP contribution in [0.2, 0.25) is 0 Å². The van der Waals surface area contributed by atoms with Crippen molar-refractivity contribution in [2.45, 2.75) is 26.3 Å². The second-order valence-corrected chi connectivity index (χ2v) is 4.48. The Morgan fingerprint density at radius 2 is 2.44 bits per heavy atom. The summed E-state index contributed by atoms with van der Waals surface area (Å²) in [5.74, 6) is 0.919. The monoisotopic (exact) mass is 223 g/mol. The molecule has 2 heterocycles. The number of nitrogens with zero attached hydrogens (tertiary/aromatic N) is 2. The van der Waals surface area contributed by atoms with Crippen LogP contribution in [-0.2, 0) is 0 Å². The van der Waals surface area contributed by atoms with Crippen LogP contribution < -0.4 is 5.73 Å². The molecule has 2 N–H and O–H groups in total. The van der Waals surface area contributed by atoms with Crippen molar-refractivity contribution in [1.82, 2.24) is 10.1 Å². The molecule has 88 valence electrons. The van der Waals surface area contributed by atoms with Crippen molar-refractivity contribution in [2.24, 2.45) is 11.7 Å². The van der Waals surface area contributed by atoms with Crippen molar-refractivity contribution < 1.29 is 9.32 Å². The van der Waals surface area contributed by atoms with Crippen molar-refractivity contribution in [3.05, 3.63) is 17.5 Å². The zero-order chi connectivity index (χ0) is 11.7. The molecule has 1 aliphatic rings. The minimum atomic E-state index is -0.00231. The second-order valence-electron chi connectivity index (χ2n) is 4.48. The molecule has 0 aliphatic carbocycles. The highest BCUT2D eigenvalue weighted by atomic mass is 16.5. The summed E-state index contributed by atoms with van der Waals surface area (Å²) in [6.07, 6.45) is 2.34. The van der Waals surface area contributed by atoms with E-state index in [0.29, 0.717) is 23.8 Å². The van der Waals surface area contributed by atoms with Gasteiger partial charge in [-0.3, -0.25) is 4.79 Å². The van der Waals surface area contributed by atoms with Crippen LogP contribution in [0.3, 0.4) is 0 Å². The highest BCUT2D eigenvalue weighted by molar-refractivity contribution is 5.94. The van der Waals surface area contributed by atoms with E-state index in [4.69, 9.17) is 10.3 Å². The molecule has 0 bridgehead atoms. The quantitative estimate of drug-likeness (QED) is 0.764. The van der Waals surface area contributed by atoms with Gasteiger partial charge in [-0.1, -0.05) is 12.1 Å². The fourth-order valence-electron chi connectivity index (χ4n) is 2.02.